The van der Waals surface area contributed by atoms with E-state index in [0.717, 1.165) is 31.9 Å². The highest BCUT2D eigenvalue weighted by Crippen LogP contribution is 2.17. The largest absolute Gasteiger partial charge is 0.332 e. The standard InChI is InChI=1S/C17H27N7O/c1-13(2)24-11-14(8-19-24)10-22-5-6-23-16(12-22)7-15(20-23)9-18-17(25)21(3)4/h7-8,11,13H,5-6,9-10,12H2,1-4H3,(H,18,25). The number of carbonyl (C=O) groups is 1. The van der Waals surface area contributed by atoms with Crippen LogP contribution in [0.5, 0.6) is 0 Å². The summed E-state index contributed by atoms with van der Waals surface area (Å²) in [7, 11) is 3.46. The second kappa shape index (κ2) is 7.26. The third-order valence-electron chi connectivity index (χ3n) is 4.34. The van der Waals surface area contributed by atoms with E-state index in [4.69, 9.17) is 0 Å². The summed E-state index contributed by atoms with van der Waals surface area (Å²) in [6.45, 7) is 8.31. The molecular formula is C17H27N7O. The normalized spacial score (nSPS) is 14.6. The van der Waals surface area contributed by atoms with E-state index in [2.05, 4.69) is 46.5 Å². The zero-order chi connectivity index (χ0) is 18.0. The van der Waals surface area contributed by atoms with Crippen molar-refractivity contribution in [2.24, 2.45) is 0 Å². The van der Waals surface area contributed by atoms with Crippen molar-refractivity contribution in [3.63, 3.8) is 0 Å². The molecule has 0 saturated heterocycles. The lowest BCUT2D eigenvalue weighted by molar-refractivity contribution is 0.205. The molecular weight excluding hydrogens is 318 g/mol. The van der Waals surface area contributed by atoms with Crippen LogP contribution in [0.3, 0.4) is 0 Å². The van der Waals surface area contributed by atoms with Crippen molar-refractivity contribution in [1.82, 2.24) is 34.7 Å². The van der Waals surface area contributed by atoms with Crippen LogP contribution in [-0.2, 0) is 26.2 Å². The van der Waals surface area contributed by atoms with Crippen molar-refractivity contribution in [1.29, 1.82) is 0 Å². The van der Waals surface area contributed by atoms with E-state index in [0.29, 0.717) is 12.6 Å². The predicted molar refractivity (Wildman–Crippen MR) is 94.9 cm³/mol. The lowest BCUT2D eigenvalue weighted by Crippen LogP contribution is -2.34. The summed E-state index contributed by atoms with van der Waals surface area (Å²) in [5.41, 5.74) is 3.33. The van der Waals surface area contributed by atoms with Crippen LogP contribution in [0, 0.1) is 0 Å². The number of fused-ring (bicyclic) bond motifs is 1. The zero-order valence-corrected chi connectivity index (χ0v) is 15.4. The maximum Gasteiger partial charge on any atom is 0.317 e. The minimum absolute atomic E-state index is 0.102. The summed E-state index contributed by atoms with van der Waals surface area (Å²) in [6, 6.07) is 2.37. The molecule has 1 aliphatic heterocycles. The monoisotopic (exact) mass is 345 g/mol. The summed E-state index contributed by atoms with van der Waals surface area (Å²) < 4.78 is 4.04. The maximum absolute atomic E-state index is 11.6. The van der Waals surface area contributed by atoms with Gasteiger partial charge in [-0.2, -0.15) is 10.2 Å². The molecule has 136 valence electrons. The highest BCUT2D eigenvalue weighted by molar-refractivity contribution is 5.73. The minimum Gasteiger partial charge on any atom is -0.332 e. The van der Waals surface area contributed by atoms with Crippen molar-refractivity contribution in [2.75, 3.05) is 20.6 Å². The quantitative estimate of drug-likeness (QED) is 0.890. The third-order valence-corrected chi connectivity index (χ3v) is 4.34. The Morgan fingerprint density at radius 1 is 1.36 bits per heavy atom. The lowest BCUT2D eigenvalue weighted by Gasteiger charge is -2.26. The molecule has 8 nitrogen and oxygen atoms in total. The molecule has 0 bridgehead atoms. The lowest BCUT2D eigenvalue weighted by atomic mass is 10.2. The molecule has 0 unspecified atom stereocenters. The number of urea groups is 1. The molecule has 0 fully saturated rings. The topological polar surface area (TPSA) is 71.2 Å². The molecule has 1 aliphatic rings. The number of nitrogens with one attached hydrogen (secondary N) is 1. The van der Waals surface area contributed by atoms with Crippen molar-refractivity contribution in [3.8, 4) is 0 Å². The number of nitrogens with zero attached hydrogens (tertiary/aromatic N) is 6. The van der Waals surface area contributed by atoms with Crippen molar-refractivity contribution >= 4 is 6.03 Å². The van der Waals surface area contributed by atoms with Crippen LogP contribution in [0.15, 0.2) is 18.5 Å². The summed E-state index contributed by atoms with van der Waals surface area (Å²) in [5, 5.41) is 11.9. The van der Waals surface area contributed by atoms with Crippen LogP contribution in [-0.4, -0.2) is 56.0 Å². The van der Waals surface area contributed by atoms with Gasteiger partial charge in [-0.15, -0.1) is 0 Å². The molecule has 0 atom stereocenters. The summed E-state index contributed by atoms with van der Waals surface area (Å²) in [5.74, 6) is 0. The van der Waals surface area contributed by atoms with Gasteiger partial charge in [-0.25, -0.2) is 4.79 Å². The van der Waals surface area contributed by atoms with Gasteiger partial charge in [0.2, 0.25) is 0 Å². The molecule has 0 saturated carbocycles. The molecule has 8 heteroatoms. The van der Waals surface area contributed by atoms with Crippen LogP contribution in [0.2, 0.25) is 0 Å². The van der Waals surface area contributed by atoms with Gasteiger partial charge in [0.1, 0.15) is 0 Å². The smallest absolute Gasteiger partial charge is 0.317 e. The number of amides is 2. The van der Waals surface area contributed by atoms with E-state index in [9.17, 15) is 4.79 Å². The number of aromatic nitrogens is 4. The average molecular weight is 345 g/mol. The highest BCUT2D eigenvalue weighted by Gasteiger charge is 2.19. The van der Waals surface area contributed by atoms with Crippen LogP contribution in [0.25, 0.3) is 0 Å². The fourth-order valence-corrected chi connectivity index (χ4v) is 2.93. The van der Waals surface area contributed by atoms with Crippen molar-refractivity contribution in [3.05, 3.63) is 35.4 Å². The summed E-state index contributed by atoms with van der Waals surface area (Å²) in [4.78, 5) is 15.6. The van der Waals surface area contributed by atoms with E-state index in [1.807, 2.05) is 15.6 Å². The predicted octanol–water partition coefficient (Wildman–Crippen LogP) is 1.45. The zero-order valence-electron chi connectivity index (χ0n) is 15.4. The van der Waals surface area contributed by atoms with Gasteiger partial charge in [-0.1, -0.05) is 0 Å². The fraction of sp³-hybridized carbons (Fsp3) is 0.588. The molecule has 2 aromatic rings. The summed E-state index contributed by atoms with van der Waals surface area (Å²) in [6.07, 6.45) is 4.08. The van der Waals surface area contributed by atoms with E-state index >= 15 is 0 Å². The molecule has 1 N–H and O–H groups in total. The van der Waals surface area contributed by atoms with Gasteiger partial charge in [-0.3, -0.25) is 14.3 Å². The minimum atomic E-state index is -0.102. The molecule has 3 rings (SSSR count). The van der Waals surface area contributed by atoms with Crippen LogP contribution in [0.1, 0.15) is 36.8 Å². The third kappa shape index (κ3) is 4.19. The van der Waals surface area contributed by atoms with Gasteiger partial charge in [0.25, 0.3) is 0 Å². The first-order chi connectivity index (χ1) is 11.9. The Kier molecular flexibility index (Phi) is 5.08. The fourth-order valence-electron chi connectivity index (χ4n) is 2.93. The number of carbonyl (C=O) groups excluding carboxylic acids is 1. The molecule has 2 amide bonds. The molecule has 2 aromatic heterocycles. The first-order valence-corrected chi connectivity index (χ1v) is 8.68. The van der Waals surface area contributed by atoms with Gasteiger partial charge in [-0.05, 0) is 19.9 Å². The molecule has 3 heterocycles. The van der Waals surface area contributed by atoms with Gasteiger partial charge in [0, 0.05) is 51.5 Å². The Hall–Kier alpha value is -2.35. The first-order valence-electron chi connectivity index (χ1n) is 8.68. The number of rotatable bonds is 5. The Balaban J connectivity index is 1.58. The van der Waals surface area contributed by atoms with Gasteiger partial charge in [0.15, 0.2) is 0 Å². The van der Waals surface area contributed by atoms with Gasteiger partial charge < -0.3 is 10.2 Å². The Labute approximate surface area is 148 Å². The second-order valence-electron chi connectivity index (χ2n) is 7.04. The van der Waals surface area contributed by atoms with E-state index < -0.39 is 0 Å². The Morgan fingerprint density at radius 3 is 2.84 bits per heavy atom. The maximum atomic E-state index is 11.6. The SMILES string of the molecule is CC(C)n1cc(CN2CCn3nc(CNC(=O)N(C)C)cc3C2)cn1. The highest BCUT2D eigenvalue weighted by atomic mass is 16.2. The van der Waals surface area contributed by atoms with Crippen molar-refractivity contribution < 1.29 is 4.79 Å². The molecule has 0 aromatic carbocycles. The van der Waals surface area contributed by atoms with E-state index in [-0.39, 0.29) is 6.03 Å². The first kappa shape index (κ1) is 17.5. The van der Waals surface area contributed by atoms with Crippen LogP contribution in [0.4, 0.5) is 4.79 Å². The summed E-state index contributed by atoms with van der Waals surface area (Å²) >= 11 is 0. The van der Waals surface area contributed by atoms with E-state index in [1.165, 1.54) is 16.2 Å². The second-order valence-corrected chi connectivity index (χ2v) is 7.04. The Bertz CT molecular complexity index is 731. The van der Waals surface area contributed by atoms with Gasteiger partial charge >= 0.3 is 6.03 Å². The Morgan fingerprint density at radius 2 is 2.16 bits per heavy atom. The number of hydrogen-bond acceptors (Lipinski definition) is 4. The van der Waals surface area contributed by atoms with Crippen LogP contribution < -0.4 is 5.32 Å². The van der Waals surface area contributed by atoms with Crippen LogP contribution >= 0.6 is 0 Å². The molecule has 0 spiro atoms. The van der Waals surface area contributed by atoms with Crippen molar-refractivity contribution in [2.45, 2.75) is 46.1 Å². The molecule has 0 radical (unpaired) electrons. The molecule has 0 aliphatic carbocycles. The number of hydrogen-bond donors (Lipinski definition) is 1. The van der Waals surface area contributed by atoms with Gasteiger partial charge in [0.05, 0.1) is 30.7 Å². The molecule has 25 heavy (non-hydrogen) atoms. The van der Waals surface area contributed by atoms with E-state index in [1.54, 1.807) is 14.1 Å². The average Bonchev–Trinajstić information content (AvgIpc) is 3.18.